The molecule has 0 atom stereocenters. The summed E-state index contributed by atoms with van der Waals surface area (Å²) in [4.78, 5) is 12.9. The predicted octanol–water partition coefficient (Wildman–Crippen LogP) is 1.25. The fraction of sp³-hybridized carbons (Fsp3) is 0.800. The lowest BCUT2D eigenvalue weighted by atomic mass is 10.5. The zero-order valence-electron chi connectivity index (χ0n) is 5.78. The Morgan fingerprint density at radius 2 is 2.50 bits per heavy atom. The number of nitrogens with zero attached hydrogens (tertiary/aromatic N) is 3. The van der Waals surface area contributed by atoms with E-state index >= 15 is 0 Å². The maximum Gasteiger partial charge on any atom is 0.305 e. The fourth-order valence-electron chi connectivity index (χ4n) is 0.347. The van der Waals surface area contributed by atoms with Crippen molar-refractivity contribution in [1.29, 1.82) is 0 Å². The Morgan fingerprint density at radius 1 is 1.80 bits per heavy atom. The van der Waals surface area contributed by atoms with Gasteiger partial charge in [-0.3, -0.25) is 4.79 Å². The van der Waals surface area contributed by atoms with Gasteiger partial charge in [0.05, 0.1) is 13.2 Å². The molecule has 0 aromatic heterocycles. The molecule has 10 heavy (non-hydrogen) atoms. The fourth-order valence-corrected chi connectivity index (χ4v) is 0.347. The lowest BCUT2D eigenvalue weighted by Gasteiger charge is -1.97. The zero-order chi connectivity index (χ0) is 7.82. The van der Waals surface area contributed by atoms with E-state index in [0.717, 1.165) is 0 Å². The van der Waals surface area contributed by atoms with E-state index in [1.54, 1.807) is 6.92 Å². The van der Waals surface area contributed by atoms with Crippen LogP contribution in [0.5, 0.6) is 0 Å². The average Bonchev–Trinajstić information content (AvgIpc) is 1.98. The first-order valence-electron chi connectivity index (χ1n) is 2.97. The molecule has 5 nitrogen and oxygen atoms in total. The van der Waals surface area contributed by atoms with Crippen LogP contribution in [0.25, 0.3) is 10.4 Å². The van der Waals surface area contributed by atoms with Crippen LogP contribution in [0.4, 0.5) is 0 Å². The summed E-state index contributed by atoms with van der Waals surface area (Å²) in [5.41, 5.74) is 7.81. The van der Waals surface area contributed by atoms with Crippen LogP contribution >= 0.6 is 0 Å². The predicted molar refractivity (Wildman–Crippen MR) is 35.3 cm³/mol. The number of carbonyl (C=O) groups is 1. The van der Waals surface area contributed by atoms with Crippen molar-refractivity contribution >= 4 is 5.97 Å². The first-order chi connectivity index (χ1) is 4.81. The van der Waals surface area contributed by atoms with Gasteiger partial charge in [-0.25, -0.2) is 0 Å². The SMILES string of the molecule is CCC(=O)OCCN=[N+]=[N-]. The van der Waals surface area contributed by atoms with Crippen LogP contribution in [-0.4, -0.2) is 19.1 Å². The molecule has 0 bridgehead atoms. The molecule has 5 heteroatoms. The van der Waals surface area contributed by atoms with E-state index in [1.165, 1.54) is 0 Å². The van der Waals surface area contributed by atoms with E-state index in [2.05, 4.69) is 14.8 Å². The van der Waals surface area contributed by atoms with Gasteiger partial charge in [0, 0.05) is 11.3 Å². The normalized spacial score (nSPS) is 8.10. The van der Waals surface area contributed by atoms with Crippen molar-refractivity contribution in [2.24, 2.45) is 5.11 Å². The molecule has 0 aromatic carbocycles. The summed E-state index contributed by atoms with van der Waals surface area (Å²) in [6.07, 6.45) is 0.357. The van der Waals surface area contributed by atoms with Gasteiger partial charge in [0.2, 0.25) is 0 Å². The van der Waals surface area contributed by atoms with Crippen LogP contribution in [0.3, 0.4) is 0 Å². The van der Waals surface area contributed by atoms with E-state index in [1.807, 2.05) is 0 Å². The largest absolute Gasteiger partial charge is 0.466 e. The Kier molecular flexibility index (Phi) is 5.19. The molecular formula is C5H9N3O2. The maximum absolute atomic E-state index is 10.4. The number of azide groups is 1. The summed E-state index contributed by atoms with van der Waals surface area (Å²) in [5.74, 6) is -0.270. The van der Waals surface area contributed by atoms with E-state index in [-0.39, 0.29) is 19.1 Å². The zero-order valence-corrected chi connectivity index (χ0v) is 5.78. The Labute approximate surface area is 58.6 Å². The minimum absolute atomic E-state index is 0.177. The minimum Gasteiger partial charge on any atom is -0.466 e. The molecule has 0 spiro atoms. The van der Waals surface area contributed by atoms with Crippen molar-refractivity contribution < 1.29 is 9.53 Å². The molecule has 0 heterocycles. The Balaban J connectivity index is 3.19. The van der Waals surface area contributed by atoms with Crippen molar-refractivity contribution in [3.05, 3.63) is 10.4 Å². The second-order valence-electron chi connectivity index (χ2n) is 1.53. The highest BCUT2D eigenvalue weighted by molar-refractivity contribution is 5.68. The lowest BCUT2D eigenvalue weighted by molar-refractivity contribution is -0.142. The van der Waals surface area contributed by atoms with Crippen LogP contribution in [0.2, 0.25) is 0 Å². The Bertz CT molecular complexity index is 151. The molecule has 0 aromatic rings. The molecule has 0 rings (SSSR count). The summed E-state index contributed by atoms with van der Waals surface area (Å²) >= 11 is 0. The molecule has 0 saturated carbocycles. The average molecular weight is 143 g/mol. The summed E-state index contributed by atoms with van der Waals surface area (Å²) in [7, 11) is 0. The lowest BCUT2D eigenvalue weighted by Crippen LogP contribution is -2.05. The number of ether oxygens (including phenoxy) is 1. The third kappa shape index (κ3) is 4.93. The number of rotatable bonds is 4. The molecule has 0 aliphatic rings. The van der Waals surface area contributed by atoms with Gasteiger partial charge in [0.1, 0.15) is 0 Å². The van der Waals surface area contributed by atoms with Crippen molar-refractivity contribution in [3.8, 4) is 0 Å². The van der Waals surface area contributed by atoms with Gasteiger partial charge in [0.15, 0.2) is 0 Å². The highest BCUT2D eigenvalue weighted by Gasteiger charge is 1.94. The van der Waals surface area contributed by atoms with Crippen LogP contribution in [0.15, 0.2) is 5.11 Å². The summed E-state index contributed by atoms with van der Waals surface area (Å²) in [5, 5.41) is 3.18. The molecule has 0 radical (unpaired) electrons. The van der Waals surface area contributed by atoms with Crippen molar-refractivity contribution in [3.63, 3.8) is 0 Å². The van der Waals surface area contributed by atoms with Gasteiger partial charge < -0.3 is 4.74 Å². The Morgan fingerprint density at radius 3 is 3.00 bits per heavy atom. The van der Waals surface area contributed by atoms with Crippen molar-refractivity contribution in [2.45, 2.75) is 13.3 Å². The number of esters is 1. The smallest absolute Gasteiger partial charge is 0.305 e. The van der Waals surface area contributed by atoms with Crippen molar-refractivity contribution in [1.82, 2.24) is 0 Å². The van der Waals surface area contributed by atoms with Gasteiger partial charge in [-0.15, -0.1) is 0 Å². The second-order valence-corrected chi connectivity index (χ2v) is 1.53. The number of carbonyl (C=O) groups excluding carboxylic acids is 1. The van der Waals surface area contributed by atoms with Crippen molar-refractivity contribution in [2.75, 3.05) is 13.2 Å². The van der Waals surface area contributed by atoms with Crippen LogP contribution in [-0.2, 0) is 9.53 Å². The summed E-state index contributed by atoms with van der Waals surface area (Å²) < 4.78 is 4.59. The minimum atomic E-state index is -0.270. The third-order valence-corrected chi connectivity index (χ3v) is 0.806. The van der Waals surface area contributed by atoms with Crippen LogP contribution in [0, 0.1) is 0 Å². The number of hydrogen-bond donors (Lipinski definition) is 0. The summed E-state index contributed by atoms with van der Waals surface area (Å²) in [6, 6.07) is 0. The monoisotopic (exact) mass is 143 g/mol. The quantitative estimate of drug-likeness (QED) is 0.195. The van der Waals surface area contributed by atoms with Gasteiger partial charge in [-0.1, -0.05) is 12.0 Å². The standard InChI is InChI=1S/C5H9N3O2/c1-2-5(9)10-4-3-7-8-6/h2-4H2,1H3. The molecular weight excluding hydrogens is 134 g/mol. The molecule has 0 fully saturated rings. The Hall–Kier alpha value is -1.22. The van der Waals surface area contributed by atoms with E-state index in [9.17, 15) is 4.79 Å². The van der Waals surface area contributed by atoms with Gasteiger partial charge >= 0.3 is 5.97 Å². The topological polar surface area (TPSA) is 75.1 Å². The molecule has 0 amide bonds. The molecule has 56 valence electrons. The van der Waals surface area contributed by atoms with Gasteiger partial charge in [-0.05, 0) is 5.53 Å². The first kappa shape index (κ1) is 8.78. The molecule has 0 unspecified atom stereocenters. The maximum atomic E-state index is 10.4. The van der Waals surface area contributed by atoms with E-state index in [0.29, 0.717) is 6.42 Å². The van der Waals surface area contributed by atoms with E-state index < -0.39 is 0 Å². The molecule has 0 aliphatic carbocycles. The molecule has 0 aliphatic heterocycles. The molecule has 0 N–H and O–H groups in total. The van der Waals surface area contributed by atoms with E-state index in [4.69, 9.17) is 5.53 Å². The highest BCUT2D eigenvalue weighted by atomic mass is 16.5. The van der Waals surface area contributed by atoms with Crippen LogP contribution < -0.4 is 0 Å². The highest BCUT2D eigenvalue weighted by Crippen LogP contribution is 1.83. The van der Waals surface area contributed by atoms with Gasteiger partial charge in [0.25, 0.3) is 0 Å². The summed E-state index contributed by atoms with van der Waals surface area (Å²) in [6.45, 7) is 2.09. The second kappa shape index (κ2) is 5.91. The molecule has 0 saturated heterocycles. The van der Waals surface area contributed by atoms with Crippen LogP contribution in [0.1, 0.15) is 13.3 Å². The van der Waals surface area contributed by atoms with Gasteiger partial charge in [-0.2, -0.15) is 0 Å². The number of hydrogen-bond acceptors (Lipinski definition) is 3. The third-order valence-electron chi connectivity index (χ3n) is 0.806. The first-order valence-corrected chi connectivity index (χ1v) is 2.97.